The lowest BCUT2D eigenvalue weighted by molar-refractivity contribution is 0.149. The number of fused-ring (bicyclic) bond motifs is 1. The summed E-state index contributed by atoms with van der Waals surface area (Å²) in [6.45, 7) is 11.4. The molecule has 1 aromatic carbocycles. The summed E-state index contributed by atoms with van der Waals surface area (Å²) >= 11 is 1.87. The molecule has 0 spiro atoms. The molecule has 2 rings (SSSR count). The molecule has 0 aliphatic rings. The quantitative estimate of drug-likeness (QED) is 0.576. The molecule has 1 aromatic heterocycles. The monoisotopic (exact) mass is 289 g/mol. The number of hydrogen-bond donors (Lipinski definition) is 1. The molecule has 3 heteroatoms. The minimum absolute atomic E-state index is 0.600. The highest BCUT2D eigenvalue weighted by molar-refractivity contribution is 7.19. The van der Waals surface area contributed by atoms with Gasteiger partial charge < -0.3 is 10.1 Å². The van der Waals surface area contributed by atoms with Crippen LogP contribution in [0.25, 0.3) is 10.1 Å². The Labute approximate surface area is 125 Å². The van der Waals surface area contributed by atoms with E-state index in [9.17, 15) is 0 Å². The topological polar surface area (TPSA) is 21.3 Å². The minimum Gasteiger partial charge on any atom is -0.373 e. The number of hydrogen-bond acceptors (Lipinski definition) is 3. The van der Waals surface area contributed by atoms with Crippen LogP contribution in [-0.4, -0.2) is 13.2 Å². The molecule has 0 fully saturated rings. The minimum atomic E-state index is 0.600. The van der Waals surface area contributed by atoms with Gasteiger partial charge in [-0.15, -0.1) is 17.9 Å². The van der Waals surface area contributed by atoms with Gasteiger partial charge in [-0.3, -0.25) is 0 Å². The van der Waals surface area contributed by atoms with Crippen LogP contribution in [0, 0.1) is 5.92 Å². The van der Waals surface area contributed by atoms with Crippen molar-refractivity contribution in [2.24, 2.45) is 5.92 Å². The van der Waals surface area contributed by atoms with Crippen LogP contribution >= 0.6 is 11.3 Å². The van der Waals surface area contributed by atoms with Crippen LogP contribution in [0.4, 0.5) is 0 Å². The summed E-state index contributed by atoms with van der Waals surface area (Å²) in [5, 5.41) is 4.85. The molecule has 0 aliphatic carbocycles. The predicted octanol–water partition coefficient (Wildman–Crippen LogP) is 4.35. The highest BCUT2D eigenvalue weighted by Gasteiger charge is 2.11. The number of nitrogens with one attached hydrogen (secondary N) is 1. The Morgan fingerprint density at radius 1 is 1.35 bits per heavy atom. The van der Waals surface area contributed by atoms with Crippen LogP contribution in [0.2, 0.25) is 0 Å². The van der Waals surface area contributed by atoms with E-state index >= 15 is 0 Å². The van der Waals surface area contributed by atoms with Crippen molar-refractivity contribution in [1.29, 1.82) is 0 Å². The van der Waals surface area contributed by atoms with Crippen LogP contribution < -0.4 is 5.32 Å². The van der Waals surface area contributed by atoms with Crippen LogP contribution in [0.5, 0.6) is 0 Å². The van der Waals surface area contributed by atoms with Gasteiger partial charge in [0.1, 0.15) is 0 Å². The fourth-order valence-electron chi connectivity index (χ4n) is 2.17. The smallest absolute Gasteiger partial charge is 0.0738 e. The Bertz CT molecular complexity index is 559. The van der Waals surface area contributed by atoms with Gasteiger partial charge in [-0.2, -0.15) is 0 Å². The Morgan fingerprint density at radius 2 is 2.15 bits per heavy atom. The van der Waals surface area contributed by atoms with E-state index in [-0.39, 0.29) is 0 Å². The number of rotatable bonds is 8. The van der Waals surface area contributed by atoms with Gasteiger partial charge in [0.05, 0.1) is 13.2 Å². The Morgan fingerprint density at radius 3 is 2.90 bits per heavy atom. The number of thiophene rings is 1. The average molecular weight is 289 g/mol. The molecule has 2 aromatic rings. The molecule has 0 bridgehead atoms. The summed E-state index contributed by atoms with van der Waals surface area (Å²) in [6.07, 6.45) is 1.80. The van der Waals surface area contributed by atoms with Crippen LogP contribution in [0.1, 0.15) is 24.3 Å². The molecule has 108 valence electrons. The zero-order valence-corrected chi connectivity index (χ0v) is 13.1. The van der Waals surface area contributed by atoms with Gasteiger partial charge in [0.15, 0.2) is 0 Å². The van der Waals surface area contributed by atoms with Crippen molar-refractivity contribution in [2.75, 3.05) is 13.2 Å². The number of ether oxygens (including phenoxy) is 1. The predicted molar refractivity (Wildman–Crippen MR) is 88.2 cm³/mol. The highest BCUT2D eigenvalue weighted by Crippen LogP contribution is 2.31. The van der Waals surface area contributed by atoms with E-state index in [1.807, 2.05) is 11.3 Å². The first kappa shape index (κ1) is 15.2. The molecule has 20 heavy (non-hydrogen) atoms. The fraction of sp³-hybridized carbons (Fsp3) is 0.412. The maximum atomic E-state index is 5.66. The fourth-order valence-corrected chi connectivity index (χ4v) is 3.35. The zero-order valence-electron chi connectivity index (χ0n) is 12.3. The normalized spacial score (nSPS) is 11.3. The standard InChI is InChI=1S/C17H23NOS/c1-4-9-19-12-15-14-7-5-6-8-16(14)20-17(15)11-18-10-13(2)3/h4-8,13,18H,1,9-12H2,2-3H3. The Kier molecular flexibility index (Phi) is 5.77. The molecule has 0 unspecified atom stereocenters. The van der Waals surface area contributed by atoms with Crippen molar-refractivity contribution in [1.82, 2.24) is 5.32 Å². The van der Waals surface area contributed by atoms with E-state index in [1.54, 1.807) is 6.08 Å². The molecule has 0 amide bonds. The van der Waals surface area contributed by atoms with Crippen LogP contribution in [-0.2, 0) is 17.9 Å². The summed E-state index contributed by atoms with van der Waals surface area (Å²) in [7, 11) is 0. The van der Waals surface area contributed by atoms with Gasteiger partial charge in [-0.25, -0.2) is 0 Å². The molecule has 2 nitrogen and oxygen atoms in total. The SMILES string of the molecule is C=CCOCc1c(CNCC(C)C)sc2ccccc12. The van der Waals surface area contributed by atoms with Gasteiger partial charge in [0.2, 0.25) is 0 Å². The van der Waals surface area contributed by atoms with Crippen molar-refractivity contribution in [3.63, 3.8) is 0 Å². The lowest BCUT2D eigenvalue weighted by Gasteiger charge is -2.08. The molecular weight excluding hydrogens is 266 g/mol. The van der Waals surface area contributed by atoms with Crippen LogP contribution in [0.15, 0.2) is 36.9 Å². The van der Waals surface area contributed by atoms with E-state index in [0.29, 0.717) is 19.1 Å². The van der Waals surface area contributed by atoms with E-state index in [4.69, 9.17) is 4.74 Å². The van der Waals surface area contributed by atoms with Crippen molar-refractivity contribution in [2.45, 2.75) is 27.0 Å². The van der Waals surface area contributed by atoms with Gasteiger partial charge in [0, 0.05) is 21.7 Å². The van der Waals surface area contributed by atoms with E-state index < -0.39 is 0 Å². The average Bonchev–Trinajstić information content (AvgIpc) is 2.77. The summed E-state index contributed by atoms with van der Waals surface area (Å²) in [5.74, 6) is 0.671. The molecule has 0 radical (unpaired) electrons. The van der Waals surface area contributed by atoms with Gasteiger partial charge in [-0.05, 0) is 23.9 Å². The maximum Gasteiger partial charge on any atom is 0.0738 e. The van der Waals surface area contributed by atoms with E-state index in [2.05, 4.69) is 50.0 Å². The first-order chi connectivity index (χ1) is 9.72. The zero-order chi connectivity index (χ0) is 14.4. The van der Waals surface area contributed by atoms with Crippen molar-refractivity contribution >= 4 is 21.4 Å². The third kappa shape index (κ3) is 3.92. The van der Waals surface area contributed by atoms with Crippen molar-refractivity contribution < 1.29 is 4.74 Å². The second-order valence-electron chi connectivity index (χ2n) is 5.33. The number of benzene rings is 1. The molecule has 0 atom stereocenters. The summed E-state index contributed by atoms with van der Waals surface area (Å²) in [4.78, 5) is 1.39. The Balaban J connectivity index is 2.17. The van der Waals surface area contributed by atoms with E-state index in [0.717, 1.165) is 13.1 Å². The second-order valence-corrected chi connectivity index (χ2v) is 6.47. The van der Waals surface area contributed by atoms with Gasteiger partial charge in [-0.1, -0.05) is 38.1 Å². The molecule has 0 saturated heterocycles. The van der Waals surface area contributed by atoms with Crippen molar-refractivity contribution in [3.05, 3.63) is 47.4 Å². The first-order valence-corrected chi connectivity index (χ1v) is 7.92. The lowest BCUT2D eigenvalue weighted by atomic mass is 10.1. The van der Waals surface area contributed by atoms with Gasteiger partial charge in [0.25, 0.3) is 0 Å². The highest BCUT2D eigenvalue weighted by atomic mass is 32.1. The molecule has 1 N–H and O–H groups in total. The molecular formula is C17H23NOS. The lowest BCUT2D eigenvalue weighted by Crippen LogP contribution is -2.19. The third-order valence-corrected chi connectivity index (χ3v) is 4.32. The largest absolute Gasteiger partial charge is 0.373 e. The van der Waals surface area contributed by atoms with E-state index in [1.165, 1.54) is 20.5 Å². The molecule has 0 aliphatic heterocycles. The summed E-state index contributed by atoms with van der Waals surface area (Å²) in [6, 6.07) is 8.56. The first-order valence-electron chi connectivity index (χ1n) is 7.11. The third-order valence-electron chi connectivity index (χ3n) is 3.10. The summed E-state index contributed by atoms with van der Waals surface area (Å²) < 4.78 is 7.00. The van der Waals surface area contributed by atoms with Crippen molar-refractivity contribution in [3.8, 4) is 0 Å². The van der Waals surface area contributed by atoms with Crippen LogP contribution in [0.3, 0.4) is 0 Å². The second kappa shape index (κ2) is 7.58. The molecule has 1 heterocycles. The van der Waals surface area contributed by atoms with Gasteiger partial charge >= 0.3 is 0 Å². The summed E-state index contributed by atoms with van der Waals surface area (Å²) in [5.41, 5.74) is 1.32. The molecule has 0 saturated carbocycles. The Hall–Kier alpha value is -1.16. The maximum absolute atomic E-state index is 5.66.